The van der Waals surface area contributed by atoms with Crippen LogP contribution in [0.1, 0.15) is 19.4 Å². The Kier molecular flexibility index (Phi) is 5.12. The van der Waals surface area contributed by atoms with Crippen LogP contribution in [0.15, 0.2) is 18.2 Å². The standard InChI is InChI=1S/C12H19BFNO2/c1-9(2)7-15(3)8-10-4-11(13(16)17)6-12(14)5-10/h4-6,9,16-17H,7-8H2,1-3H3. The molecule has 0 bridgehead atoms. The van der Waals surface area contributed by atoms with E-state index in [2.05, 4.69) is 18.7 Å². The molecule has 0 fully saturated rings. The van der Waals surface area contributed by atoms with Crippen molar-refractivity contribution in [3.8, 4) is 0 Å². The Hall–Kier alpha value is -0.905. The third-order valence-electron chi connectivity index (χ3n) is 2.41. The van der Waals surface area contributed by atoms with Crippen LogP contribution in [-0.4, -0.2) is 35.7 Å². The van der Waals surface area contributed by atoms with Crippen molar-refractivity contribution in [3.63, 3.8) is 0 Å². The fourth-order valence-corrected chi connectivity index (χ4v) is 1.92. The summed E-state index contributed by atoms with van der Waals surface area (Å²) in [4.78, 5) is 2.08. The van der Waals surface area contributed by atoms with Gasteiger partial charge in [-0.3, -0.25) is 0 Å². The first-order chi connectivity index (χ1) is 7.88. The fourth-order valence-electron chi connectivity index (χ4n) is 1.92. The summed E-state index contributed by atoms with van der Waals surface area (Å²) in [5.41, 5.74) is 0.939. The molecule has 0 aliphatic rings. The normalized spacial score (nSPS) is 11.3. The first kappa shape index (κ1) is 14.2. The molecular formula is C12H19BFNO2. The predicted molar refractivity (Wildman–Crippen MR) is 67.4 cm³/mol. The van der Waals surface area contributed by atoms with Gasteiger partial charge in [0, 0.05) is 13.1 Å². The van der Waals surface area contributed by atoms with Crippen LogP contribution in [0, 0.1) is 11.7 Å². The first-order valence-corrected chi connectivity index (χ1v) is 5.72. The minimum absolute atomic E-state index is 0.193. The smallest absolute Gasteiger partial charge is 0.423 e. The maximum Gasteiger partial charge on any atom is 0.488 e. The van der Waals surface area contributed by atoms with E-state index in [1.807, 2.05) is 7.05 Å². The molecule has 0 atom stereocenters. The molecule has 0 aromatic heterocycles. The van der Waals surface area contributed by atoms with Crippen LogP contribution < -0.4 is 5.46 Å². The molecule has 0 saturated heterocycles. The van der Waals surface area contributed by atoms with Gasteiger partial charge in [0.25, 0.3) is 0 Å². The van der Waals surface area contributed by atoms with E-state index in [0.717, 1.165) is 18.2 Å². The molecule has 0 saturated carbocycles. The van der Waals surface area contributed by atoms with Gasteiger partial charge in [-0.05, 0) is 36.1 Å². The molecule has 5 heteroatoms. The Morgan fingerprint density at radius 2 is 1.94 bits per heavy atom. The lowest BCUT2D eigenvalue weighted by Gasteiger charge is -2.19. The highest BCUT2D eigenvalue weighted by Gasteiger charge is 2.14. The van der Waals surface area contributed by atoms with Crippen LogP contribution in [0.2, 0.25) is 0 Å². The Bertz CT molecular complexity index is 372. The molecule has 0 aliphatic carbocycles. The van der Waals surface area contributed by atoms with Crippen molar-refractivity contribution < 1.29 is 14.4 Å². The van der Waals surface area contributed by atoms with Crippen molar-refractivity contribution in [1.82, 2.24) is 4.90 Å². The van der Waals surface area contributed by atoms with Gasteiger partial charge in [-0.15, -0.1) is 0 Å². The van der Waals surface area contributed by atoms with E-state index in [4.69, 9.17) is 10.0 Å². The summed E-state index contributed by atoms with van der Waals surface area (Å²) in [5.74, 6) is 0.0972. The number of nitrogens with zero attached hydrogens (tertiary/aromatic N) is 1. The lowest BCUT2D eigenvalue weighted by atomic mass is 9.79. The average molecular weight is 239 g/mol. The van der Waals surface area contributed by atoms with Crippen LogP contribution in [0.5, 0.6) is 0 Å². The molecule has 0 spiro atoms. The summed E-state index contributed by atoms with van der Waals surface area (Å²) in [6, 6.07) is 4.17. The van der Waals surface area contributed by atoms with Gasteiger partial charge in [0.05, 0.1) is 0 Å². The zero-order valence-electron chi connectivity index (χ0n) is 10.5. The minimum Gasteiger partial charge on any atom is -0.423 e. The van der Waals surface area contributed by atoms with E-state index in [9.17, 15) is 4.39 Å². The maximum atomic E-state index is 13.3. The van der Waals surface area contributed by atoms with Gasteiger partial charge in [0.1, 0.15) is 5.82 Å². The topological polar surface area (TPSA) is 43.7 Å². The third-order valence-corrected chi connectivity index (χ3v) is 2.41. The molecule has 0 heterocycles. The fraction of sp³-hybridized carbons (Fsp3) is 0.500. The molecule has 17 heavy (non-hydrogen) atoms. The largest absolute Gasteiger partial charge is 0.488 e. The van der Waals surface area contributed by atoms with Crippen molar-refractivity contribution in [3.05, 3.63) is 29.6 Å². The van der Waals surface area contributed by atoms with Crippen molar-refractivity contribution >= 4 is 12.6 Å². The van der Waals surface area contributed by atoms with E-state index in [0.29, 0.717) is 12.5 Å². The molecule has 1 rings (SSSR count). The summed E-state index contributed by atoms with van der Waals surface area (Å²) in [6.07, 6.45) is 0. The second-order valence-corrected chi connectivity index (χ2v) is 4.86. The highest BCUT2D eigenvalue weighted by Crippen LogP contribution is 2.07. The number of hydrogen-bond acceptors (Lipinski definition) is 3. The first-order valence-electron chi connectivity index (χ1n) is 5.72. The van der Waals surface area contributed by atoms with Gasteiger partial charge < -0.3 is 14.9 Å². The van der Waals surface area contributed by atoms with Crippen molar-refractivity contribution in [1.29, 1.82) is 0 Å². The molecule has 0 aliphatic heterocycles. The molecule has 1 aromatic rings. The Labute approximate surface area is 102 Å². The van der Waals surface area contributed by atoms with E-state index >= 15 is 0 Å². The maximum absolute atomic E-state index is 13.3. The summed E-state index contributed by atoms with van der Waals surface area (Å²) in [6.45, 7) is 5.74. The van der Waals surface area contributed by atoms with Crippen LogP contribution >= 0.6 is 0 Å². The molecule has 0 unspecified atom stereocenters. The SMILES string of the molecule is CC(C)CN(C)Cc1cc(F)cc(B(O)O)c1. The van der Waals surface area contributed by atoms with E-state index < -0.39 is 12.9 Å². The van der Waals surface area contributed by atoms with Gasteiger partial charge in [-0.25, -0.2) is 4.39 Å². The zero-order valence-corrected chi connectivity index (χ0v) is 10.5. The van der Waals surface area contributed by atoms with Gasteiger partial charge in [0.2, 0.25) is 0 Å². The van der Waals surface area contributed by atoms with Crippen molar-refractivity contribution in [2.24, 2.45) is 5.92 Å². The molecule has 1 aromatic carbocycles. The Morgan fingerprint density at radius 1 is 1.29 bits per heavy atom. The quantitative estimate of drug-likeness (QED) is 0.739. The zero-order chi connectivity index (χ0) is 13.0. The second-order valence-electron chi connectivity index (χ2n) is 4.86. The Morgan fingerprint density at radius 3 is 2.47 bits per heavy atom. The third kappa shape index (κ3) is 4.85. The van der Waals surface area contributed by atoms with E-state index in [1.165, 1.54) is 6.07 Å². The van der Waals surface area contributed by atoms with Crippen molar-refractivity contribution in [2.75, 3.05) is 13.6 Å². The predicted octanol–water partition coefficient (Wildman–Crippen LogP) is 0.593. The van der Waals surface area contributed by atoms with Crippen LogP contribution in [0.4, 0.5) is 4.39 Å². The number of rotatable bonds is 5. The van der Waals surface area contributed by atoms with E-state index in [-0.39, 0.29) is 5.46 Å². The van der Waals surface area contributed by atoms with Crippen LogP contribution in [0.25, 0.3) is 0 Å². The van der Waals surface area contributed by atoms with Gasteiger partial charge in [-0.2, -0.15) is 0 Å². The number of benzene rings is 1. The van der Waals surface area contributed by atoms with Crippen LogP contribution in [-0.2, 0) is 6.54 Å². The Balaban J connectivity index is 2.77. The monoisotopic (exact) mass is 239 g/mol. The highest BCUT2D eigenvalue weighted by molar-refractivity contribution is 6.58. The average Bonchev–Trinajstić information content (AvgIpc) is 2.14. The van der Waals surface area contributed by atoms with Gasteiger partial charge in [-0.1, -0.05) is 19.9 Å². The number of hydrogen-bond donors (Lipinski definition) is 2. The molecule has 0 radical (unpaired) electrons. The molecule has 2 N–H and O–H groups in total. The minimum atomic E-state index is -1.63. The lowest BCUT2D eigenvalue weighted by molar-refractivity contribution is 0.288. The number of halogens is 1. The molecule has 3 nitrogen and oxygen atoms in total. The van der Waals surface area contributed by atoms with E-state index in [1.54, 1.807) is 6.07 Å². The van der Waals surface area contributed by atoms with Gasteiger partial charge in [0.15, 0.2) is 0 Å². The molecule has 94 valence electrons. The second kappa shape index (κ2) is 6.14. The van der Waals surface area contributed by atoms with Crippen LogP contribution in [0.3, 0.4) is 0 Å². The van der Waals surface area contributed by atoms with Gasteiger partial charge >= 0.3 is 7.12 Å². The lowest BCUT2D eigenvalue weighted by Crippen LogP contribution is -2.31. The highest BCUT2D eigenvalue weighted by atomic mass is 19.1. The summed E-state index contributed by atoms with van der Waals surface area (Å²) in [7, 11) is 0.333. The van der Waals surface area contributed by atoms with Crippen molar-refractivity contribution in [2.45, 2.75) is 20.4 Å². The molecular weight excluding hydrogens is 220 g/mol. The molecule has 0 amide bonds. The summed E-state index contributed by atoms with van der Waals surface area (Å²) >= 11 is 0. The summed E-state index contributed by atoms with van der Waals surface area (Å²) < 4.78 is 13.3. The summed E-state index contributed by atoms with van der Waals surface area (Å²) in [5, 5.41) is 18.1.